The maximum absolute atomic E-state index is 12.6. The van der Waals surface area contributed by atoms with E-state index in [2.05, 4.69) is 27.3 Å². The van der Waals surface area contributed by atoms with Gasteiger partial charge in [0.1, 0.15) is 0 Å². The Balaban J connectivity index is 1.84. The zero-order valence-electron chi connectivity index (χ0n) is 13.2. The molecule has 1 atom stereocenters. The molecule has 2 aromatic rings. The third-order valence-electron chi connectivity index (χ3n) is 4.32. The molecule has 0 radical (unpaired) electrons. The molecule has 0 bridgehead atoms. The summed E-state index contributed by atoms with van der Waals surface area (Å²) in [4.78, 5) is 12.6. The number of para-hydroxylation sites is 1. The van der Waals surface area contributed by atoms with E-state index < -0.39 is 0 Å². The van der Waals surface area contributed by atoms with E-state index in [1.165, 1.54) is 0 Å². The van der Waals surface area contributed by atoms with E-state index in [0.717, 1.165) is 48.6 Å². The Morgan fingerprint density at radius 1 is 1.27 bits per heavy atom. The van der Waals surface area contributed by atoms with Crippen molar-refractivity contribution in [3.05, 3.63) is 53.3 Å². The van der Waals surface area contributed by atoms with Gasteiger partial charge in [-0.05, 0) is 51.4 Å². The first-order chi connectivity index (χ1) is 10.7. The van der Waals surface area contributed by atoms with E-state index in [1.54, 1.807) is 0 Å². The van der Waals surface area contributed by atoms with Crippen LogP contribution < -0.4 is 10.6 Å². The molecule has 0 aliphatic carbocycles. The first-order valence-electron chi connectivity index (χ1n) is 7.93. The van der Waals surface area contributed by atoms with E-state index in [1.807, 2.05) is 38.1 Å². The summed E-state index contributed by atoms with van der Waals surface area (Å²) in [6, 6.07) is 12.4. The lowest BCUT2D eigenvalue weighted by molar-refractivity contribution is 0.0930. The third kappa shape index (κ3) is 2.92. The minimum atomic E-state index is 0.0315. The zero-order valence-corrected chi connectivity index (χ0v) is 13.2. The predicted molar refractivity (Wildman–Crippen MR) is 88.6 cm³/mol. The largest absolute Gasteiger partial charge is 0.348 e. The number of rotatable bonds is 3. The van der Waals surface area contributed by atoms with E-state index in [9.17, 15) is 4.79 Å². The van der Waals surface area contributed by atoms with Crippen molar-refractivity contribution in [2.75, 3.05) is 13.1 Å². The lowest BCUT2D eigenvalue weighted by Gasteiger charge is -2.23. The highest BCUT2D eigenvalue weighted by Gasteiger charge is 2.20. The van der Waals surface area contributed by atoms with Crippen molar-refractivity contribution in [2.45, 2.75) is 32.7 Å². The van der Waals surface area contributed by atoms with Crippen LogP contribution in [0.5, 0.6) is 0 Å². The number of aromatic nitrogens is 1. The molecule has 1 amide bonds. The second kappa shape index (κ2) is 6.36. The van der Waals surface area contributed by atoms with Crippen LogP contribution in [0.15, 0.2) is 36.4 Å². The number of carbonyl (C=O) groups is 1. The standard InChI is InChI=1S/C18H23N3O/c1-13-11-17(18(22)20-15-7-6-10-19-12-15)14(2)21(13)16-8-4-3-5-9-16/h3-5,8-9,11,15,19H,6-7,10,12H2,1-2H3,(H,20,22). The molecular formula is C18H23N3O. The maximum Gasteiger partial charge on any atom is 0.253 e. The molecule has 2 heterocycles. The zero-order chi connectivity index (χ0) is 15.5. The minimum absolute atomic E-state index is 0.0315. The van der Waals surface area contributed by atoms with Gasteiger partial charge in [-0.15, -0.1) is 0 Å². The van der Waals surface area contributed by atoms with Gasteiger partial charge in [0.05, 0.1) is 5.56 Å². The average molecular weight is 297 g/mol. The monoisotopic (exact) mass is 297 g/mol. The first-order valence-corrected chi connectivity index (χ1v) is 7.93. The molecule has 1 unspecified atom stereocenters. The van der Waals surface area contributed by atoms with Crippen LogP contribution in [0.4, 0.5) is 0 Å². The van der Waals surface area contributed by atoms with Gasteiger partial charge in [-0.2, -0.15) is 0 Å². The SMILES string of the molecule is Cc1cc(C(=O)NC2CCCNC2)c(C)n1-c1ccccc1. The Hall–Kier alpha value is -2.07. The van der Waals surface area contributed by atoms with Crippen LogP contribution in [0.1, 0.15) is 34.6 Å². The molecule has 4 heteroatoms. The average Bonchev–Trinajstić information content (AvgIpc) is 2.84. The van der Waals surface area contributed by atoms with Crippen LogP contribution in [0.2, 0.25) is 0 Å². The van der Waals surface area contributed by atoms with E-state index in [-0.39, 0.29) is 11.9 Å². The molecule has 1 aliphatic heterocycles. The third-order valence-corrected chi connectivity index (χ3v) is 4.32. The summed E-state index contributed by atoms with van der Waals surface area (Å²) in [7, 11) is 0. The summed E-state index contributed by atoms with van der Waals surface area (Å²) in [6.45, 7) is 5.96. The summed E-state index contributed by atoms with van der Waals surface area (Å²) in [5, 5.41) is 6.48. The van der Waals surface area contributed by atoms with Gasteiger partial charge < -0.3 is 15.2 Å². The number of carbonyl (C=O) groups excluding carboxylic acids is 1. The molecule has 1 aromatic carbocycles. The fourth-order valence-corrected chi connectivity index (χ4v) is 3.21. The van der Waals surface area contributed by atoms with Crippen LogP contribution in [0, 0.1) is 13.8 Å². The fraction of sp³-hybridized carbons (Fsp3) is 0.389. The topological polar surface area (TPSA) is 46.1 Å². The van der Waals surface area contributed by atoms with Crippen molar-refractivity contribution >= 4 is 5.91 Å². The molecule has 116 valence electrons. The van der Waals surface area contributed by atoms with Crippen LogP contribution in [0.25, 0.3) is 5.69 Å². The molecule has 1 saturated heterocycles. The summed E-state index contributed by atoms with van der Waals surface area (Å²) in [6.07, 6.45) is 2.17. The predicted octanol–water partition coefficient (Wildman–Crippen LogP) is 2.58. The van der Waals surface area contributed by atoms with Crippen molar-refractivity contribution < 1.29 is 4.79 Å². The molecule has 0 spiro atoms. The number of aryl methyl sites for hydroxylation is 1. The molecule has 22 heavy (non-hydrogen) atoms. The highest BCUT2D eigenvalue weighted by Crippen LogP contribution is 2.21. The Morgan fingerprint density at radius 2 is 2.05 bits per heavy atom. The number of benzene rings is 1. The second-order valence-corrected chi connectivity index (χ2v) is 5.97. The highest BCUT2D eigenvalue weighted by atomic mass is 16.1. The van der Waals surface area contributed by atoms with Crippen molar-refractivity contribution in [2.24, 2.45) is 0 Å². The molecule has 4 nitrogen and oxygen atoms in total. The lowest BCUT2D eigenvalue weighted by atomic mass is 10.1. The van der Waals surface area contributed by atoms with Crippen LogP contribution in [-0.2, 0) is 0 Å². The fourth-order valence-electron chi connectivity index (χ4n) is 3.21. The van der Waals surface area contributed by atoms with Crippen molar-refractivity contribution in [1.29, 1.82) is 0 Å². The lowest BCUT2D eigenvalue weighted by Crippen LogP contribution is -2.45. The van der Waals surface area contributed by atoms with Gasteiger partial charge >= 0.3 is 0 Å². The highest BCUT2D eigenvalue weighted by molar-refractivity contribution is 5.96. The summed E-state index contributed by atoms with van der Waals surface area (Å²) in [5.41, 5.74) is 3.93. The molecule has 0 saturated carbocycles. The van der Waals surface area contributed by atoms with Gasteiger partial charge in [0.25, 0.3) is 5.91 Å². The van der Waals surface area contributed by atoms with Gasteiger partial charge in [-0.1, -0.05) is 18.2 Å². The first kappa shape index (κ1) is 14.9. The second-order valence-electron chi connectivity index (χ2n) is 5.97. The number of nitrogens with zero attached hydrogens (tertiary/aromatic N) is 1. The number of hydrogen-bond acceptors (Lipinski definition) is 2. The van der Waals surface area contributed by atoms with Crippen LogP contribution in [0.3, 0.4) is 0 Å². The summed E-state index contributed by atoms with van der Waals surface area (Å²) in [5.74, 6) is 0.0315. The van der Waals surface area contributed by atoms with Crippen molar-refractivity contribution in [3.8, 4) is 5.69 Å². The van der Waals surface area contributed by atoms with Gasteiger partial charge in [-0.3, -0.25) is 4.79 Å². The molecule has 2 N–H and O–H groups in total. The number of hydrogen-bond donors (Lipinski definition) is 2. The van der Waals surface area contributed by atoms with E-state index in [4.69, 9.17) is 0 Å². The Labute approximate surface area is 131 Å². The Kier molecular flexibility index (Phi) is 4.29. The van der Waals surface area contributed by atoms with Crippen molar-refractivity contribution in [3.63, 3.8) is 0 Å². The smallest absolute Gasteiger partial charge is 0.253 e. The maximum atomic E-state index is 12.6. The van der Waals surface area contributed by atoms with E-state index in [0.29, 0.717) is 0 Å². The van der Waals surface area contributed by atoms with Crippen molar-refractivity contribution in [1.82, 2.24) is 15.2 Å². The number of amides is 1. The number of piperidine rings is 1. The quantitative estimate of drug-likeness (QED) is 0.914. The van der Waals surface area contributed by atoms with Gasteiger partial charge in [0.2, 0.25) is 0 Å². The van der Waals surface area contributed by atoms with Gasteiger partial charge in [0, 0.05) is 29.7 Å². The molecular weight excluding hydrogens is 274 g/mol. The Morgan fingerprint density at radius 3 is 2.73 bits per heavy atom. The van der Waals surface area contributed by atoms with Gasteiger partial charge in [-0.25, -0.2) is 0 Å². The molecule has 3 rings (SSSR count). The Bertz CT molecular complexity index is 654. The van der Waals surface area contributed by atoms with E-state index >= 15 is 0 Å². The normalized spacial score (nSPS) is 18.2. The van der Waals surface area contributed by atoms with Crippen LogP contribution >= 0.6 is 0 Å². The molecule has 1 aliphatic rings. The molecule has 1 fully saturated rings. The summed E-state index contributed by atoms with van der Waals surface area (Å²) >= 11 is 0. The molecule has 1 aromatic heterocycles. The minimum Gasteiger partial charge on any atom is -0.348 e. The number of nitrogens with one attached hydrogen (secondary N) is 2. The van der Waals surface area contributed by atoms with Gasteiger partial charge in [0.15, 0.2) is 0 Å². The van der Waals surface area contributed by atoms with Crippen LogP contribution in [-0.4, -0.2) is 29.6 Å². The summed E-state index contributed by atoms with van der Waals surface area (Å²) < 4.78 is 2.13.